The molecule has 4 aromatic rings. The van der Waals surface area contributed by atoms with Crippen LogP contribution < -0.4 is 5.32 Å². The van der Waals surface area contributed by atoms with Gasteiger partial charge in [-0.2, -0.15) is 0 Å². The zero-order chi connectivity index (χ0) is 18.9. The van der Waals surface area contributed by atoms with E-state index in [1.165, 1.54) is 32.3 Å². The highest BCUT2D eigenvalue weighted by Gasteiger charge is 2.06. The van der Waals surface area contributed by atoms with Gasteiger partial charge >= 0.3 is 0 Å². The van der Waals surface area contributed by atoms with Gasteiger partial charge in [-0.1, -0.05) is 84.9 Å². The van der Waals surface area contributed by atoms with Gasteiger partial charge in [0.2, 0.25) is 0 Å². The highest BCUT2D eigenvalue weighted by atomic mass is 14.8. The topological polar surface area (TPSA) is 35.8 Å². The Labute approximate surface area is 159 Å². The van der Waals surface area contributed by atoms with Crippen LogP contribution in [0.3, 0.4) is 0 Å². The lowest BCUT2D eigenvalue weighted by Crippen LogP contribution is -1.87. The van der Waals surface area contributed by atoms with Gasteiger partial charge in [-0.3, -0.25) is 0 Å². The Hall–Kier alpha value is -3.83. The Morgan fingerprint density at radius 3 is 0.963 bits per heavy atom. The van der Waals surface area contributed by atoms with E-state index >= 15 is 0 Å². The molecule has 5 rings (SSSR count). The first kappa shape index (κ1) is 18.0. The second-order valence-corrected chi connectivity index (χ2v) is 5.91. The van der Waals surface area contributed by atoms with Crippen LogP contribution in [0.5, 0.6) is 0 Å². The van der Waals surface area contributed by atoms with Crippen molar-refractivity contribution in [2.24, 2.45) is 0 Å². The largest absolute Gasteiger partial charge is 0.368 e. The molecule has 2 nitrogen and oxygen atoms in total. The average Bonchev–Trinajstić information content (AvgIpc) is 3.09. The fraction of sp³-hybridized carbons (Fsp3) is 0. The van der Waals surface area contributed by atoms with Crippen molar-refractivity contribution in [1.82, 2.24) is 5.32 Å². The zero-order valence-electron chi connectivity index (χ0n) is 14.9. The summed E-state index contributed by atoms with van der Waals surface area (Å²) in [5.41, 5.74) is 0. The Morgan fingerprint density at radius 1 is 0.444 bits per heavy atom. The predicted molar refractivity (Wildman–Crippen MR) is 116 cm³/mol. The van der Waals surface area contributed by atoms with Gasteiger partial charge in [-0.25, -0.2) is 5.26 Å². The first-order valence-electron chi connectivity index (χ1n) is 8.73. The van der Waals surface area contributed by atoms with Gasteiger partial charge in [0.1, 0.15) is 0 Å². The summed E-state index contributed by atoms with van der Waals surface area (Å²) in [5.74, 6) is 0. The smallest absolute Gasteiger partial charge is 0.0462 e. The van der Waals surface area contributed by atoms with E-state index in [9.17, 15) is 0 Å². The van der Waals surface area contributed by atoms with Crippen molar-refractivity contribution in [3.05, 3.63) is 110 Å². The van der Waals surface area contributed by atoms with Gasteiger partial charge in [0.25, 0.3) is 0 Å². The first-order valence-corrected chi connectivity index (χ1v) is 8.73. The molecule has 0 amide bonds. The minimum Gasteiger partial charge on any atom is -0.368 e. The lowest BCUT2D eigenvalue weighted by atomic mass is 9.95. The van der Waals surface area contributed by atoms with E-state index in [0.717, 1.165) is 0 Å². The van der Waals surface area contributed by atoms with Crippen LogP contribution in [0.4, 0.5) is 0 Å². The molecule has 0 radical (unpaired) electrons. The average molecular weight is 348 g/mol. The van der Waals surface area contributed by atoms with Crippen molar-refractivity contribution in [3.63, 3.8) is 0 Å². The van der Waals surface area contributed by atoms with Crippen LogP contribution in [0.1, 0.15) is 0 Å². The van der Waals surface area contributed by atoms with Crippen LogP contribution in [0.2, 0.25) is 0 Å². The molecule has 0 saturated heterocycles. The Kier molecular flexibility index (Phi) is 6.01. The number of rotatable bonds is 0. The number of nitrogens with zero attached hydrogens (tertiary/aromatic N) is 1. The van der Waals surface area contributed by atoms with Gasteiger partial charge in [0, 0.05) is 19.0 Å². The Morgan fingerprint density at radius 2 is 0.704 bits per heavy atom. The van der Waals surface area contributed by atoms with Gasteiger partial charge in [-0.05, 0) is 44.5 Å². The fourth-order valence-corrected chi connectivity index (χ4v) is 3.26. The monoisotopic (exact) mass is 348 g/mol. The standard InChI is InChI=1S/C18H12.C6H7N.CHN/c1-2-8-14-13(7-1)15-9-3-4-11-17(15)18-12-6-5-10-16(14)18;1-2-4-6-7-5-3-1;1-2/h1-12H;1-7H;1H. The molecule has 1 aliphatic heterocycles. The number of benzene rings is 4. The van der Waals surface area contributed by atoms with Crippen LogP contribution in [0, 0.1) is 11.8 Å². The Bertz CT molecular complexity index is 929. The van der Waals surface area contributed by atoms with E-state index in [4.69, 9.17) is 5.26 Å². The number of nitrogens with one attached hydrogen (secondary N) is 1. The summed E-state index contributed by atoms with van der Waals surface area (Å²) < 4.78 is 0. The molecule has 0 atom stereocenters. The van der Waals surface area contributed by atoms with Gasteiger partial charge in [0.15, 0.2) is 0 Å². The molecule has 0 aliphatic carbocycles. The third-order valence-corrected chi connectivity index (χ3v) is 4.37. The number of hydrogen-bond donors (Lipinski definition) is 1. The molecule has 0 aromatic heterocycles. The molecule has 4 aromatic carbocycles. The fourth-order valence-electron chi connectivity index (χ4n) is 3.26. The highest BCUT2D eigenvalue weighted by Crippen LogP contribution is 2.34. The molecule has 27 heavy (non-hydrogen) atoms. The second kappa shape index (κ2) is 9.03. The molecule has 0 bridgehead atoms. The predicted octanol–water partition coefficient (Wildman–Crippen LogP) is 6.46. The van der Waals surface area contributed by atoms with Crippen LogP contribution in [0.25, 0.3) is 32.3 Å². The van der Waals surface area contributed by atoms with Crippen LogP contribution in [-0.2, 0) is 0 Å². The zero-order valence-corrected chi connectivity index (χ0v) is 14.9. The summed E-state index contributed by atoms with van der Waals surface area (Å²) in [6.07, 6.45) is 11.6. The molecule has 1 N–H and O–H groups in total. The molecule has 0 saturated carbocycles. The molecule has 0 spiro atoms. The minimum atomic E-state index is 1.34. The van der Waals surface area contributed by atoms with Gasteiger partial charge < -0.3 is 5.32 Å². The first-order chi connectivity index (χ1) is 13.4. The summed E-state index contributed by atoms with van der Waals surface area (Å²) in [6, 6.07) is 26.0. The third kappa shape index (κ3) is 3.89. The molecular weight excluding hydrogens is 328 g/mol. The van der Waals surface area contributed by atoms with Crippen molar-refractivity contribution in [2.75, 3.05) is 0 Å². The maximum absolute atomic E-state index is 6.50. The van der Waals surface area contributed by atoms with E-state index in [0.29, 0.717) is 0 Å². The van der Waals surface area contributed by atoms with Crippen molar-refractivity contribution >= 4 is 32.3 Å². The van der Waals surface area contributed by atoms with Gasteiger partial charge in [0.05, 0.1) is 0 Å². The summed E-state index contributed by atoms with van der Waals surface area (Å²) in [5, 5.41) is 17.5. The lowest BCUT2D eigenvalue weighted by molar-refractivity contribution is 1.20. The molecule has 0 unspecified atom stereocenters. The number of hydrogen-bond acceptors (Lipinski definition) is 2. The summed E-state index contributed by atoms with van der Waals surface area (Å²) >= 11 is 0. The quantitative estimate of drug-likeness (QED) is 0.370. The molecular formula is C25H20N2. The second-order valence-electron chi connectivity index (χ2n) is 5.91. The van der Waals surface area contributed by atoms with Crippen LogP contribution in [-0.4, -0.2) is 0 Å². The molecule has 2 heteroatoms. The van der Waals surface area contributed by atoms with Crippen molar-refractivity contribution in [1.29, 1.82) is 5.26 Å². The summed E-state index contributed by atoms with van der Waals surface area (Å²) in [4.78, 5) is 0. The third-order valence-electron chi connectivity index (χ3n) is 4.37. The van der Waals surface area contributed by atoms with Crippen molar-refractivity contribution in [2.45, 2.75) is 0 Å². The van der Waals surface area contributed by atoms with E-state index in [1.807, 2.05) is 36.7 Å². The maximum Gasteiger partial charge on any atom is 0.0462 e. The van der Waals surface area contributed by atoms with E-state index in [2.05, 4.69) is 84.7 Å². The Balaban J connectivity index is 0.000000197. The minimum absolute atomic E-state index is 1.34. The van der Waals surface area contributed by atoms with Crippen LogP contribution in [0.15, 0.2) is 110 Å². The van der Waals surface area contributed by atoms with Crippen molar-refractivity contribution < 1.29 is 0 Å². The lowest BCUT2D eigenvalue weighted by Gasteiger charge is -2.09. The van der Waals surface area contributed by atoms with Gasteiger partial charge in [-0.15, -0.1) is 0 Å². The number of nitriles is 1. The summed E-state index contributed by atoms with van der Waals surface area (Å²) in [6.45, 7) is 3.50. The highest BCUT2D eigenvalue weighted by molar-refractivity contribution is 6.25. The maximum atomic E-state index is 6.50. The van der Waals surface area contributed by atoms with E-state index in [1.54, 1.807) is 0 Å². The number of fused-ring (bicyclic) bond motifs is 6. The molecule has 1 aliphatic rings. The molecule has 0 fully saturated rings. The SMILES string of the molecule is C#N.C1=CC=CNC=C1.c1ccc2c(c1)c1ccccc1c1ccccc21. The van der Waals surface area contributed by atoms with E-state index in [-0.39, 0.29) is 0 Å². The van der Waals surface area contributed by atoms with Crippen molar-refractivity contribution in [3.8, 4) is 6.57 Å². The van der Waals surface area contributed by atoms with Crippen LogP contribution >= 0.6 is 0 Å². The van der Waals surface area contributed by atoms with E-state index < -0.39 is 0 Å². The molecule has 130 valence electrons. The molecule has 1 heterocycles. The number of allylic oxidation sites excluding steroid dienone is 4. The summed E-state index contributed by atoms with van der Waals surface area (Å²) in [7, 11) is 0. The normalized spacial score (nSPS) is 11.8.